The van der Waals surface area contributed by atoms with Crippen LogP contribution in [0.4, 0.5) is 0 Å². The number of thioether (sulfide) groups is 1. The van der Waals surface area contributed by atoms with Gasteiger partial charge in [0.05, 0.1) is 0 Å². The standard InChI is InChI=1S/C14H26N2S/c15-7-14(13-5-6-17-10-13)16(8-11-1-2-11)9-12-3-4-12/h11-14H,1-10,15H2. The highest BCUT2D eigenvalue weighted by atomic mass is 32.2. The van der Waals surface area contributed by atoms with Crippen LogP contribution in [-0.2, 0) is 0 Å². The summed E-state index contributed by atoms with van der Waals surface area (Å²) >= 11 is 2.13. The quantitative estimate of drug-likeness (QED) is 0.755. The lowest BCUT2D eigenvalue weighted by Gasteiger charge is -2.35. The molecule has 0 aromatic carbocycles. The fraction of sp³-hybridized carbons (Fsp3) is 1.00. The number of nitrogens with two attached hydrogens (primary N) is 1. The molecule has 0 amide bonds. The van der Waals surface area contributed by atoms with E-state index in [9.17, 15) is 0 Å². The zero-order valence-corrected chi connectivity index (χ0v) is 11.6. The minimum Gasteiger partial charge on any atom is -0.329 e. The number of rotatable bonds is 7. The molecule has 98 valence electrons. The van der Waals surface area contributed by atoms with Crippen molar-refractivity contribution in [3.63, 3.8) is 0 Å². The van der Waals surface area contributed by atoms with Crippen molar-refractivity contribution in [2.24, 2.45) is 23.5 Å². The van der Waals surface area contributed by atoms with E-state index in [0.717, 1.165) is 24.3 Å². The minimum absolute atomic E-state index is 0.686. The molecule has 0 bridgehead atoms. The second kappa shape index (κ2) is 5.50. The molecular formula is C14H26N2S. The Kier molecular flexibility index (Phi) is 3.98. The summed E-state index contributed by atoms with van der Waals surface area (Å²) in [6.07, 6.45) is 7.28. The summed E-state index contributed by atoms with van der Waals surface area (Å²) in [7, 11) is 0. The average molecular weight is 254 g/mol. The van der Waals surface area contributed by atoms with Gasteiger partial charge in [0.2, 0.25) is 0 Å². The maximum Gasteiger partial charge on any atom is 0.0255 e. The summed E-state index contributed by atoms with van der Waals surface area (Å²) in [5.74, 6) is 5.62. The number of hydrogen-bond acceptors (Lipinski definition) is 3. The molecule has 0 spiro atoms. The molecule has 2 aliphatic carbocycles. The Balaban J connectivity index is 1.59. The lowest BCUT2D eigenvalue weighted by atomic mass is 9.97. The minimum atomic E-state index is 0.686. The van der Waals surface area contributed by atoms with Crippen LogP contribution in [0.2, 0.25) is 0 Å². The van der Waals surface area contributed by atoms with Crippen molar-refractivity contribution in [3.8, 4) is 0 Å². The van der Waals surface area contributed by atoms with Crippen LogP contribution in [-0.4, -0.2) is 42.1 Å². The normalized spacial score (nSPS) is 31.1. The molecule has 3 aliphatic rings. The van der Waals surface area contributed by atoms with Crippen LogP contribution in [0.3, 0.4) is 0 Å². The molecule has 3 fully saturated rings. The maximum atomic E-state index is 6.09. The van der Waals surface area contributed by atoms with E-state index in [4.69, 9.17) is 5.73 Å². The number of nitrogens with zero attached hydrogens (tertiary/aromatic N) is 1. The van der Waals surface area contributed by atoms with Gasteiger partial charge >= 0.3 is 0 Å². The first-order valence-electron chi connectivity index (χ1n) is 7.38. The van der Waals surface area contributed by atoms with E-state index in [1.807, 2.05) is 0 Å². The SMILES string of the molecule is NCC(C1CCSC1)N(CC1CC1)CC1CC1. The van der Waals surface area contributed by atoms with E-state index in [1.165, 1.54) is 56.7 Å². The van der Waals surface area contributed by atoms with E-state index < -0.39 is 0 Å². The number of hydrogen-bond donors (Lipinski definition) is 1. The molecule has 2 nitrogen and oxygen atoms in total. The molecule has 1 saturated heterocycles. The van der Waals surface area contributed by atoms with Gasteiger partial charge in [-0.15, -0.1) is 0 Å². The topological polar surface area (TPSA) is 29.3 Å². The van der Waals surface area contributed by atoms with Crippen LogP contribution in [0, 0.1) is 17.8 Å². The van der Waals surface area contributed by atoms with E-state index in [2.05, 4.69) is 16.7 Å². The Morgan fingerprint density at radius 2 is 1.71 bits per heavy atom. The second-order valence-corrected chi connectivity index (χ2v) is 7.42. The van der Waals surface area contributed by atoms with Gasteiger partial charge in [0.25, 0.3) is 0 Å². The summed E-state index contributed by atoms with van der Waals surface area (Å²) < 4.78 is 0. The third-order valence-corrected chi connectivity index (χ3v) is 5.79. The van der Waals surface area contributed by atoms with Gasteiger partial charge < -0.3 is 5.73 Å². The Bertz CT molecular complexity index is 231. The molecule has 0 aromatic rings. The van der Waals surface area contributed by atoms with Crippen LogP contribution in [0.1, 0.15) is 32.1 Å². The van der Waals surface area contributed by atoms with E-state index in [-0.39, 0.29) is 0 Å². The van der Waals surface area contributed by atoms with Crippen molar-refractivity contribution in [3.05, 3.63) is 0 Å². The van der Waals surface area contributed by atoms with Crippen molar-refractivity contribution < 1.29 is 0 Å². The van der Waals surface area contributed by atoms with Crippen molar-refractivity contribution in [2.75, 3.05) is 31.1 Å². The maximum absolute atomic E-state index is 6.09. The zero-order valence-electron chi connectivity index (χ0n) is 10.8. The third-order valence-electron chi connectivity index (χ3n) is 4.60. The predicted octanol–water partition coefficient (Wildman–Crippen LogP) is 2.19. The third kappa shape index (κ3) is 3.39. The Morgan fingerprint density at radius 3 is 2.12 bits per heavy atom. The predicted molar refractivity (Wildman–Crippen MR) is 75.3 cm³/mol. The molecule has 2 saturated carbocycles. The van der Waals surface area contributed by atoms with Gasteiger partial charge in [0.1, 0.15) is 0 Å². The molecule has 2 unspecified atom stereocenters. The monoisotopic (exact) mass is 254 g/mol. The molecule has 0 aromatic heterocycles. The molecule has 3 heteroatoms. The molecule has 1 aliphatic heterocycles. The lowest BCUT2D eigenvalue weighted by molar-refractivity contribution is 0.142. The fourth-order valence-corrected chi connectivity index (χ4v) is 4.43. The highest BCUT2D eigenvalue weighted by Gasteiger charge is 2.35. The highest BCUT2D eigenvalue weighted by molar-refractivity contribution is 7.99. The van der Waals surface area contributed by atoms with Gasteiger partial charge in [-0.05, 0) is 61.4 Å². The van der Waals surface area contributed by atoms with Gasteiger partial charge in [-0.25, -0.2) is 0 Å². The molecule has 17 heavy (non-hydrogen) atoms. The molecular weight excluding hydrogens is 228 g/mol. The van der Waals surface area contributed by atoms with Crippen molar-refractivity contribution in [1.29, 1.82) is 0 Å². The van der Waals surface area contributed by atoms with Gasteiger partial charge in [-0.2, -0.15) is 11.8 Å². The van der Waals surface area contributed by atoms with Crippen molar-refractivity contribution >= 4 is 11.8 Å². The molecule has 1 heterocycles. The van der Waals surface area contributed by atoms with Crippen LogP contribution >= 0.6 is 11.8 Å². The summed E-state index contributed by atoms with van der Waals surface area (Å²) in [6, 6.07) is 0.686. The van der Waals surface area contributed by atoms with Gasteiger partial charge in [0, 0.05) is 25.7 Å². The van der Waals surface area contributed by atoms with Gasteiger partial charge in [-0.1, -0.05) is 0 Å². The lowest BCUT2D eigenvalue weighted by Crippen LogP contribution is -2.47. The summed E-state index contributed by atoms with van der Waals surface area (Å²) in [5.41, 5.74) is 6.09. The summed E-state index contributed by atoms with van der Waals surface area (Å²) in [5, 5.41) is 0. The van der Waals surface area contributed by atoms with Crippen LogP contribution < -0.4 is 5.73 Å². The Hall–Kier alpha value is 0.270. The molecule has 0 radical (unpaired) electrons. The average Bonchev–Trinajstić information content (AvgIpc) is 3.24. The van der Waals surface area contributed by atoms with E-state index in [1.54, 1.807) is 0 Å². The van der Waals surface area contributed by atoms with Crippen LogP contribution in [0.25, 0.3) is 0 Å². The molecule has 2 atom stereocenters. The highest BCUT2D eigenvalue weighted by Crippen LogP contribution is 2.37. The largest absolute Gasteiger partial charge is 0.329 e. The van der Waals surface area contributed by atoms with Crippen molar-refractivity contribution in [2.45, 2.75) is 38.1 Å². The second-order valence-electron chi connectivity index (χ2n) is 6.27. The van der Waals surface area contributed by atoms with E-state index >= 15 is 0 Å². The van der Waals surface area contributed by atoms with Crippen LogP contribution in [0.5, 0.6) is 0 Å². The molecule has 3 rings (SSSR count). The van der Waals surface area contributed by atoms with Crippen molar-refractivity contribution in [1.82, 2.24) is 4.90 Å². The summed E-state index contributed by atoms with van der Waals surface area (Å²) in [4.78, 5) is 2.78. The summed E-state index contributed by atoms with van der Waals surface area (Å²) in [6.45, 7) is 3.57. The first-order valence-corrected chi connectivity index (χ1v) is 8.54. The smallest absolute Gasteiger partial charge is 0.0255 e. The fourth-order valence-electron chi connectivity index (χ4n) is 3.11. The molecule has 2 N–H and O–H groups in total. The first kappa shape index (κ1) is 12.3. The van der Waals surface area contributed by atoms with Gasteiger partial charge in [-0.3, -0.25) is 4.90 Å². The first-order chi connectivity index (χ1) is 8.36. The van der Waals surface area contributed by atoms with Gasteiger partial charge in [0.15, 0.2) is 0 Å². The van der Waals surface area contributed by atoms with Crippen LogP contribution in [0.15, 0.2) is 0 Å². The zero-order chi connectivity index (χ0) is 11.7. The Morgan fingerprint density at radius 1 is 1.06 bits per heavy atom. The Labute approximate surface area is 110 Å². The van der Waals surface area contributed by atoms with E-state index in [0.29, 0.717) is 6.04 Å².